The SMILES string of the molecule is CCOc1ccc2nc(N3C(=O)C(=O)/C(=C(/O)c4nc5c(C)cccn5c4C)C3c3cccc(Br)c3)sc2c1. The smallest absolute Gasteiger partial charge is 0.301 e. The van der Waals surface area contributed by atoms with Crippen molar-refractivity contribution in [2.24, 2.45) is 0 Å². The fraction of sp³-hybridized carbons (Fsp3) is 0.172. The van der Waals surface area contributed by atoms with Crippen LogP contribution in [0.5, 0.6) is 5.75 Å². The Kier molecular flexibility index (Phi) is 6.23. The molecule has 1 N–H and O–H groups in total. The number of rotatable bonds is 5. The van der Waals surface area contributed by atoms with Crippen molar-refractivity contribution >= 4 is 65.7 Å². The van der Waals surface area contributed by atoms with Crippen LogP contribution in [0.3, 0.4) is 0 Å². The molecule has 3 aromatic heterocycles. The molecular formula is C29H23BrN4O4S. The number of anilines is 1. The van der Waals surface area contributed by atoms with Crippen LogP contribution in [0.15, 0.2) is 70.8 Å². The highest BCUT2D eigenvalue weighted by molar-refractivity contribution is 9.10. The number of pyridine rings is 1. The first-order valence-electron chi connectivity index (χ1n) is 12.3. The van der Waals surface area contributed by atoms with Crippen molar-refractivity contribution in [1.29, 1.82) is 0 Å². The maximum atomic E-state index is 13.6. The molecule has 0 bridgehead atoms. The Morgan fingerprint density at radius 1 is 1.10 bits per heavy atom. The molecule has 0 saturated carbocycles. The van der Waals surface area contributed by atoms with Gasteiger partial charge in [0.2, 0.25) is 0 Å². The van der Waals surface area contributed by atoms with Gasteiger partial charge in [-0.15, -0.1) is 0 Å². The number of fused-ring (bicyclic) bond motifs is 2. The predicted molar refractivity (Wildman–Crippen MR) is 154 cm³/mol. The van der Waals surface area contributed by atoms with Crippen LogP contribution in [0.2, 0.25) is 0 Å². The molecule has 1 atom stereocenters. The van der Waals surface area contributed by atoms with E-state index >= 15 is 0 Å². The number of aromatic nitrogens is 3. The van der Waals surface area contributed by atoms with Gasteiger partial charge in [0.15, 0.2) is 10.9 Å². The average Bonchev–Trinajstić information content (AvgIpc) is 3.56. The van der Waals surface area contributed by atoms with Crippen molar-refractivity contribution in [2.75, 3.05) is 11.5 Å². The summed E-state index contributed by atoms with van der Waals surface area (Å²) in [5, 5.41) is 12.0. The molecule has 1 fully saturated rings. The minimum atomic E-state index is -0.903. The molecule has 1 aliphatic rings. The molecule has 1 amide bonds. The quantitative estimate of drug-likeness (QED) is 0.143. The Labute approximate surface area is 236 Å². The van der Waals surface area contributed by atoms with E-state index in [4.69, 9.17) is 4.74 Å². The minimum absolute atomic E-state index is 0.0310. The number of ether oxygens (including phenoxy) is 1. The number of aryl methyl sites for hydroxylation is 2. The number of carbonyl (C=O) groups is 2. The van der Waals surface area contributed by atoms with Gasteiger partial charge in [0.25, 0.3) is 5.78 Å². The van der Waals surface area contributed by atoms with E-state index in [0.29, 0.717) is 39.9 Å². The van der Waals surface area contributed by atoms with Crippen molar-refractivity contribution < 1.29 is 19.4 Å². The second-order valence-corrected chi connectivity index (χ2v) is 11.1. The van der Waals surface area contributed by atoms with Gasteiger partial charge in [0, 0.05) is 10.7 Å². The molecule has 196 valence electrons. The molecule has 8 nitrogen and oxygen atoms in total. The van der Waals surface area contributed by atoms with Crippen LogP contribution in [-0.4, -0.2) is 37.8 Å². The fourth-order valence-electron chi connectivity index (χ4n) is 4.95. The molecule has 1 saturated heterocycles. The third-order valence-electron chi connectivity index (χ3n) is 6.78. The van der Waals surface area contributed by atoms with E-state index in [1.54, 1.807) is 0 Å². The zero-order valence-electron chi connectivity index (χ0n) is 21.3. The standard InChI is InChI=1S/C29H23BrN4O4S/c1-4-38-19-10-11-20-21(14-19)39-29(31-20)34-24(17-8-5-9-18(30)13-17)22(26(36)28(34)37)25(35)23-16(3)33-12-6-7-15(2)27(33)32-23/h5-14,24,35H,4H2,1-3H3/b25-22+. The molecule has 6 rings (SSSR count). The van der Waals surface area contributed by atoms with Gasteiger partial charge >= 0.3 is 5.91 Å². The van der Waals surface area contributed by atoms with Crippen molar-refractivity contribution in [3.8, 4) is 5.75 Å². The lowest BCUT2D eigenvalue weighted by Gasteiger charge is -2.23. The van der Waals surface area contributed by atoms with Gasteiger partial charge in [0.05, 0.1) is 34.1 Å². The number of benzene rings is 2. The van der Waals surface area contributed by atoms with Gasteiger partial charge in [-0.25, -0.2) is 9.97 Å². The monoisotopic (exact) mass is 602 g/mol. The summed E-state index contributed by atoms with van der Waals surface area (Å²) in [5.74, 6) is -1.17. The second kappa shape index (κ2) is 9.62. The van der Waals surface area contributed by atoms with Crippen LogP contribution >= 0.6 is 27.3 Å². The molecule has 5 aromatic rings. The summed E-state index contributed by atoms with van der Waals surface area (Å²) in [7, 11) is 0. The average molecular weight is 603 g/mol. The van der Waals surface area contributed by atoms with Crippen LogP contribution in [0.4, 0.5) is 5.13 Å². The first kappa shape index (κ1) is 25.3. The Morgan fingerprint density at radius 2 is 1.92 bits per heavy atom. The number of hydrogen-bond donors (Lipinski definition) is 1. The minimum Gasteiger partial charge on any atom is -0.505 e. The maximum Gasteiger partial charge on any atom is 0.301 e. The molecule has 4 heterocycles. The van der Waals surface area contributed by atoms with Gasteiger partial charge < -0.3 is 14.2 Å². The Bertz CT molecular complexity index is 1840. The third-order valence-corrected chi connectivity index (χ3v) is 8.29. The highest BCUT2D eigenvalue weighted by atomic mass is 79.9. The van der Waals surface area contributed by atoms with E-state index in [-0.39, 0.29) is 17.0 Å². The van der Waals surface area contributed by atoms with Crippen molar-refractivity contribution in [1.82, 2.24) is 14.4 Å². The van der Waals surface area contributed by atoms with E-state index in [9.17, 15) is 14.7 Å². The Morgan fingerprint density at radius 3 is 2.67 bits per heavy atom. The lowest BCUT2D eigenvalue weighted by Crippen LogP contribution is -2.29. The molecule has 0 spiro atoms. The van der Waals surface area contributed by atoms with E-state index in [1.165, 1.54) is 16.2 Å². The zero-order valence-corrected chi connectivity index (χ0v) is 23.7. The number of carbonyl (C=O) groups excluding carboxylic acids is 2. The summed E-state index contributed by atoms with van der Waals surface area (Å²) in [4.78, 5) is 38.0. The number of amides is 1. The molecule has 10 heteroatoms. The molecule has 2 aromatic carbocycles. The summed E-state index contributed by atoms with van der Waals surface area (Å²) in [6.45, 7) is 6.18. The molecule has 0 radical (unpaired) electrons. The second-order valence-electron chi connectivity index (χ2n) is 9.21. The predicted octanol–water partition coefficient (Wildman–Crippen LogP) is 6.35. The molecule has 1 aliphatic heterocycles. The van der Waals surface area contributed by atoms with Crippen molar-refractivity contribution in [2.45, 2.75) is 26.8 Å². The van der Waals surface area contributed by atoms with Crippen LogP contribution in [0.1, 0.15) is 35.5 Å². The number of Topliss-reactive ketones (excluding diaryl/α,β-unsaturated/α-hetero) is 1. The Balaban J connectivity index is 1.57. The number of nitrogens with zero attached hydrogens (tertiary/aromatic N) is 4. The van der Waals surface area contributed by atoms with E-state index in [0.717, 1.165) is 14.7 Å². The van der Waals surface area contributed by atoms with Crippen molar-refractivity contribution in [3.63, 3.8) is 0 Å². The summed E-state index contributed by atoms with van der Waals surface area (Å²) >= 11 is 4.79. The highest BCUT2D eigenvalue weighted by Crippen LogP contribution is 2.45. The zero-order chi connectivity index (χ0) is 27.4. The highest BCUT2D eigenvalue weighted by Gasteiger charge is 2.48. The molecular weight excluding hydrogens is 580 g/mol. The first-order valence-corrected chi connectivity index (χ1v) is 13.9. The first-order chi connectivity index (χ1) is 18.8. The van der Waals surface area contributed by atoms with Gasteiger partial charge in [-0.3, -0.25) is 14.5 Å². The van der Waals surface area contributed by atoms with Gasteiger partial charge in [-0.2, -0.15) is 0 Å². The number of halogens is 1. The lowest BCUT2D eigenvalue weighted by molar-refractivity contribution is -0.132. The van der Waals surface area contributed by atoms with E-state index in [1.807, 2.05) is 86.0 Å². The molecule has 39 heavy (non-hydrogen) atoms. The summed E-state index contributed by atoms with van der Waals surface area (Å²) < 4.78 is 9.07. The Hall–Kier alpha value is -4.02. The maximum absolute atomic E-state index is 13.6. The number of hydrogen-bond acceptors (Lipinski definition) is 7. The third kappa shape index (κ3) is 4.11. The number of aliphatic hydroxyl groups excluding tert-OH is 1. The normalized spacial score (nSPS) is 17.0. The van der Waals surface area contributed by atoms with E-state index in [2.05, 4.69) is 25.9 Å². The topological polar surface area (TPSA) is 97.0 Å². The lowest BCUT2D eigenvalue weighted by atomic mass is 9.96. The number of thiazole rings is 1. The van der Waals surface area contributed by atoms with Crippen molar-refractivity contribution in [3.05, 3.63) is 93.4 Å². The van der Waals surface area contributed by atoms with Crippen LogP contribution in [0.25, 0.3) is 21.6 Å². The number of aliphatic hydroxyl groups is 1. The van der Waals surface area contributed by atoms with E-state index < -0.39 is 17.7 Å². The van der Waals surface area contributed by atoms with Crippen LogP contribution in [0, 0.1) is 13.8 Å². The van der Waals surface area contributed by atoms with Gasteiger partial charge in [0.1, 0.15) is 17.1 Å². The van der Waals surface area contributed by atoms with Gasteiger partial charge in [-0.1, -0.05) is 45.5 Å². The summed E-state index contributed by atoms with van der Waals surface area (Å²) in [5.41, 5.74) is 3.81. The number of imidazole rings is 1. The van der Waals surface area contributed by atoms with Gasteiger partial charge in [-0.05, 0) is 68.3 Å². The molecule has 1 unspecified atom stereocenters. The number of ketones is 1. The summed E-state index contributed by atoms with van der Waals surface area (Å²) in [6, 6.07) is 15.8. The fourth-order valence-corrected chi connectivity index (χ4v) is 6.39. The van der Waals surface area contributed by atoms with Crippen LogP contribution < -0.4 is 9.64 Å². The molecule has 0 aliphatic carbocycles. The summed E-state index contributed by atoms with van der Waals surface area (Å²) in [6.07, 6.45) is 1.85. The largest absolute Gasteiger partial charge is 0.505 e. The van der Waals surface area contributed by atoms with Crippen LogP contribution in [-0.2, 0) is 9.59 Å².